The van der Waals surface area contributed by atoms with Crippen LogP contribution in [-0.2, 0) is 9.59 Å². The highest BCUT2D eigenvalue weighted by Crippen LogP contribution is 2.28. The minimum Gasteiger partial charge on any atom is -0.497 e. The largest absolute Gasteiger partial charge is 0.497 e. The Bertz CT molecular complexity index is 739. The van der Waals surface area contributed by atoms with Crippen molar-refractivity contribution in [1.29, 1.82) is 0 Å². The summed E-state index contributed by atoms with van der Waals surface area (Å²) in [6.45, 7) is 6.45. The summed E-state index contributed by atoms with van der Waals surface area (Å²) in [6, 6.07) is 8.46. The number of hydrogen-bond acceptors (Lipinski definition) is 6. The maximum Gasteiger partial charge on any atom is 0.414 e. The molecule has 0 radical (unpaired) electrons. The van der Waals surface area contributed by atoms with E-state index in [2.05, 4.69) is 35.5 Å². The Morgan fingerprint density at radius 1 is 1.26 bits per heavy atom. The van der Waals surface area contributed by atoms with Gasteiger partial charge in [0.15, 0.2) is 0 Å². The van der Waals surface area contributed by atoms with Crippen LogP contribution < -0.4 is 15.4 Å². The minimum absolute atomic E-state index is 0.404. The van der Waals surface area contributed by atoms with Gasteiger partial charge in [-0.2, -0.15) is 0 Å². The summed E-state index contributed by atoms with van der Waals surface area (Å²) < 4.78 is 5.38. The lowest BCUT2D eigenvalue weighted by molar-refractivity contribution is -0.159. The van der Waals surface area contributed by atoms with Crippen molar-refractivity contribution < 1.29 is 24.5 Å². The summed E-state index contributed by atoms with van der Waals surface area (Å²) in [7, 11) is 1.70. The lowest BCUT2D eigenvalue weighted by Gasteiger charge is -2.17. The quantitative estimate of drug-likeness (QED) is 0.409. The third-order valence-electron chi connectivity index (χ3n) is 3.74. The van der Waals surface area contributed by atoms with Crippen LogP contribution in [0.4, 0.5) is 5.69 Å². The van der Waals surface area contributed by atoms with E-state index in [1.165, 1.54) is 0 Å². The van der Waals surface area contributed by atoms with Crippen molar-refractivity contribution in [2.24, 2.45) is 0 Å². The monoisotopic (exact) mass is 377 g/mol. The van der Waals surface area contributed by atoms with E-state index in [9.17, 15) is 0 Å². The molecule has 1 unspecified atom stereocenters. The van der Waals surface area contributed by atoms with Gasteiger partial charge in [-0.05, 0) is 45.0 Å². The van der Waals surface area contributed by atoms with E-state index in [0.717, 1.165) is 48.3 Å². The number of nitrogens with one attached hydrogen (secondary N) is 2. The van der Waals surface area contributed by atoms with E-state index >= 15 is 0 Å². The molecule has 0 saturated carbocycles. The number of carboxylic acid groups (broad SMARTS) is 2. The molecule has 1 aromatic heterocycles. The van der Waals surface area contributed by atoms with Crippen LogP contribution in [0.3, 0.4) is 0 Å². The van der Waals surface area contributed by atoms with Crippen molar-refractivity contribution in [2.45, 2.75) is 32.7 Å². The predicted octanol–water partition coefficient (Wildman–Crippen LogP) is 2.59. The molecule has 1 heterocycles. The maximum absolute atomic E-state index is 9.10. The molecule has 1 atom stereocenters. The Morgan fingerprint density at radius 3 is 2.56 bits per heavy atom. The van der Waals surface area contributed by atoms with Gasteiger partial charge in [0.05, 0.1) is 18.3 Å². The normalized spacial score (nSPS) is 11.2. The van der Waals surface area contributed by atoms with Gasteiger partial charge in [0.1, 0.15) is 5.75 Å². The maximum atomic E-state index is 9.10. The van der Waals surface area contributed by atoms with E-state index in [0.29, 0.717) is 6.04 Å². The van der Waals surface area contributed by atoms with Crippen LogP contribution in [0.5, 0.6) is 5.75 Å². The van der Waals surface area contributed by atoms with Crippen molar-refractivity contribution in [3.63, 3.8) is 0 Å². The smallest absolute Gasteiger partial charge is 0.414 e. The molecular formula is C19H27N3O5. The number of rotatable bonds is 8. The van der Waals surface area contributed by atoms with Gasteiger partial charge in [0, 0.05) is 23.7 Å². The fourth-order valence-electron chi connectivity index (χ4n) is 2.44. The lowest BCUT2D eigenvalue weighted by atomic mass is 10.1. The van der Waals surface area contributed by atoms with Crippen LogP contribution in [0.1, 0.15) is 26.7 Å². The molecule has 0 fully saturated rings. The predicted molar refractivity (Wildman–Crippen MR) is 104 cm³/mol. The number of aromatic nitrogens is 1. The number of nitrogens with zero attached hydrogens (tertiary/aromatic N) is 1. The Hall–Kier alpha value is -2.87. The summed E-state index contributed by atoms with van der Waals surface area (Å²) >= 11 is 0. The molecule has 2 aromatic rings. The SMILES string of the molecule is CCNCCCC(C)Nc1cc(OC)cc2cccnc12.O=C(O)C(=O)O. The Balaban J connectivity index is 0.000000527. The number of pyridine rings is 1. The standard InChI is InChI=1S/C17H25N3O.C2H2O4/c1-4-18-9-5-7-13(2)20-16-12-15(21-3)11-14-8-6-10-19-17(14)16;3-1(4)2(5)6/h6,8,10-13,18,20H,4-5,7,9H2,1-3H3;(H,3,4)(H,5,6). The molecule has 0 amide bonds. The third kappa shape index (κ3) is 7.91. The van der Waals surface area contributed by atoms with E-state index < -0.39 is 11.9 Å². The second kappa shape index (κ2) is 11.7. The third-order valence-corrected chi connectivity index (χ3v) is 3.74. The molecule has 148 valence electrons. The fraction of sp³-hybridized carbons (Fsp3) is 0.421. The number of fused-ring (bicyclic) bond motifs is 1. The average molecular weight is 377 g/mol. The molecule has 0 aliphatic heterocycles. The van der Waals surface area contributed by atoms with Gasteiger partial charge in [-0.1, -0.05) is 13.0 Å². The minimum atomic E-state index is -1.82. The number of benzene rings is 1. The zero-order valence-electron chi connectivity index (χ0n) is 15.9. The average Bonchev–Trinajstić information content (AvgIpc) is 2.65. The highest BCUT2D eigenvalue weighted by molar-refractivity contribution is 6.27. The molecule has 8 nitrogen and oxygen atoms in total. The van der Waals surface area contributed by atoms with Gasteiger partial charge in [0.25, 0.3) is 0 Å². The molecule has 0 bridgehead atoms. The summed E-state index contributed by atoms with van der Waals surface area (Å²) in [6.07, 6.45) is 4.12. The summed E-state index contributed by atoms with van der Waals surface area (Å²) in [5, 5.41) is 22.8. The first-order valence-electron chi connectivity index (χ1n) is 8.75. The molecule has 0 spiro atoms. The van der Waals surface area contributed by atoms with Crippen molar-refractivity contribution in [3.05, 3.63) is 30.5 Å². The summed E-state index contributed by atoms with van der Waals surface area (Å²) in [4.78, 5) is 22.7. The second-order valence-electron chi connectivity index (χ2n) is 5.90. The first-order valence-corrected chi connectivity index (χ1v) is 8.75. The number of ether oxygens (including phenoxy) is 1. The Morgan fingerprint density at radius 2 is 1.96 bits per heavy atom. The van der Waals surface area contributed by atoms with Gasteiger partial charge in [-0.15, -0.1) is 0 Å². The number of methoxy groups -OCH3 is 1. The lowest BCUT2D eigenvalue weighted by Crippen LogP contribution is -2.20. The van der Waals surface area contributed by atoms with Crippen LogP contribution >= 0.6 is 0 Å². The number of carboxylic acids is 2. The van der Waals surface area contributed by atoms with E-state index in [1.807, 2.05) is 24.4 Å². The second-order valence-corrected chi connectivity index (χ2v) is 5.90. The highest BCUT2D eigenvalue weighted by atomic mass is 16.5. The van der Waals surface area contributed by atoms with Crippen LogP contribution in [0.15, 0.2) is 30.5 Å². The zero-order chi connectivity index (χ0) is 20.2. The van der Waals surface area contributed by atoms with Crippen molar-refractivity contribution in [3.8, 4) is 5.75 Å². The molecular weight excluding hydrogens is 350 g/mol. The molecule has 0 aliphatic rings. The van der Waals surface area contributed by atoms with Gasteiger partial charge in [0.2, 0.25) is 0 Å². The molecule has 8 heteroatoms. The Labute approximate surface area is 158 Å². The van der Waals surface area contributed by atoms with Crippen molar-refractivity contribution in [1.82, 2.24) is 10.3 Å². The molecule has 4 N–H and O–H groups in total. The first-order chi connectivity index (χ1) is 12.9. The Kier molecular flexibility index (Phi) is 9.60. The highest BCUT2D eigenvalue weighted by Gasteiger charge is 2.09. The van der Waals surface area contributed by atoms with E-state index in [1.54, 1.807) is 7.11 Å². The molecule has 1 aromatic carbocycles. The first kappa shape index (κ1) is 22.2. The van der Waals surface area contributed by atoms with Crippen LogP contribution in [0, 0.1) is 0 Å². The molecule has 0 aliphatic carbocycles. The molecule has 0 saturated heterocycles. The number of aliphatic carboxylic acids is 2. The molecule has 2 rings (SSSR count). The van der Waals surface area contributed by atoms with Crippen LogP contribution in [-0.4, -0.2) is 53.4 Å². The van der Waals surface area contributed by atoms with Crippen molar-refractivity contribution in [2.75, 3.05) is 25.5 Å². The number of anilines is 1. The number of carbonyl (C=O) groups is 2. The van der Waals surface area contributed by atoms with Gasteiger partial charge in [-0.3, -0.25) is 4.98 Å². The van der Waals surface area contributed by atoms with Gasteiger partial charge >= 0.3 is 11.9 Å². The molecule has 27 heavy (non-hydrogen) atoms. The van der Waals surface area contributed by atoms with Crippen LogP contribution in [0.25, 0.3) is 10.9 Å². The van der Waals surface area contributed by atoms with Crippen molar-refractivity contribution >= 4 is 28.5 Å². The fourth-order valence-corrected chi connectivity index (χ4v) is 2.44. The van der Waals surface area contributed by atoms with Crippen LogP contribution in [0.2, 0.25) is 0 Å². The van der Waals surface area contributed by atoms with E-state index in [-0.39, 0.29) is 0 Å². The van der Waals surface area contributed by atoms with Gasteiger partial charge in [-0.25, -0.2) is 9.59 Å². The summed E-state index contributed by atoms with van der Waals surface area (Å²) in [5.41, 5.74) is 2.04. The zero-order valence-corrected chi connectivity index (χ0v) is 15.9. The van der Waals surface area contributed by atoms with E-state index in [4.69, 9.17) is 24.5 Å². The van der Waals surface area contributed by atoms with Gasteiger partial charge < -0.3 is 25.6 Å². The number of hydrogen-bond donors (Lipinski definition) is 4. The topological polar surface area (TPSA) is 121 Å². The summed E-state index contributed by atoms with van der Waals surface area (Å²) in [5.74, 6) is -2.79.